The van der Waals surface area contributed by atoms with Crippen molar-refractivity contribution in [2.24, 2.45) is 5.92 Å². The molecule has 0 radical (unpaired) electrons. The molecule has 1 aliphatic rings. The van der Waals surface area contributed by atoms with Crippen LogP contribution in [0.2, 0.25) is 0 Å². The molecule has 2 N–H and O–H groups in total. The second-order valence-corrected chi connectivity index (χ2v) is 6.31. The lowest BCUT2D eigenvalue weighted by atomic mass is 9.97. The van der Waals surface area contributed by atoms with Crippen molar-refractivity contribution in [3.05, 3.63) is 59.7 Å². The highest BCUT2D eigenvalue weighted by atomic mass is 16.3. The summed E-state index contributed by atoms with van der Waals surface area (Å²) in [5.74, 6) is 0.341. The molecular formula is C20H21N3O2. The van der Waals surface area contributed by atoms with E-state index >= 15 is 0 Å². The molecule has 0 saturated carbocycles. The normalized spacial score (nSPS) is 14.8. The number of nitriles is 1. The van der Waals surface area contributed by atoms with Crippen LogP contribution in [0.4, 0.5) is 11.4 Å². The highest BCUT2D eigenvalue weighted by molar-refractivity contribution is 5.95. The van der Waals surface area contributed by atoms with Gasteiger partial charge >= 0.3 is 0 Å². The van der Waals surface area contributed by atoms with Gasteiger partial charge in [0.25, 0.3) is 5.91 Å². The molecule has 2 aromatic rings. The zero-order chi connectivity index (χ0) is 17.6. The number of aliphatic hydroxyl groups is 1. The zero-order valence-electron chi connectivity index (χ0n) is 14.0. The highest BCUT2D eigenvalue weighted by Crippen LogP contribution is 2.22. The van der Waals surface area contributed by atoms with Crippen molar-refractivity contribution < 1.29 is 9.90 Å². The van der Waals surface area contributed by atoms with Gasteiger partial charge in [-0.05, 0) is 61.2 Å². The van der Waals surface area contributed by atoms with Gasteiger partial charge in [-0.1, -0.05) is 6.07 Å². The van der Waals surface area contributed by atoms with Gasteiger partial charge in [0.2, 0.25) is 0 Å². The van der Waals surface area contributed by atoms with Gasteiger partial charge in [0.1, 0.15) is 0 Å². The molecule has 128 valence electrons. The maximum atomic E-state index is 12.7. The van der Waals surface area contributed by atoms with Crippen molar-refractivity contribution in [1.29, 1.82) is 5.26 Å². The molecule has 1 heterocycles. The molecule has 5 heteroatoms. The summed E-state index contributed by atoms with van der Waals surface area (Å²) in [6, 6.07) is 16.7. The summed E-state index contributed by atoms with van der Waals surface area (Å²) in [6.07, 6.45) is 1.71. The first-order valence-corrected chi connectivity index (χ1v) is 8.47. The van der Waals surface area contributed by atoms with E-state index in [1.54, 1.807) is 12.1 Å². The molecule has 25 heavy (non-hydrogen) atoms. The average molecular weight is 335 g/mol. The minimum Gasteiger partial charge on any atom is -0.396 e. The summed E-state index contributed by atoms with van der Waals surface area (Å²) < 4.78 is 0. The number of nitrogens with one attached hydrogen (secondary N) is 1. The number of amides is 1. The van der Waals surface area contributed by atoms with E-state index in [4.69, 9.17) is 5.26 Å². The van der Waals surface area contributed by atoms with E-state index in [-0.39, 0.29) is 12.5 Å². The van der Waals surface area contributed by atoms with E-state index in [1.165, 1.54) is 0 Å². The van der Waals surface area contributed by atoms with Gasteiger partial charge in [-0.3, -0.25) is 4.79 Å². The lowest BCUT2D eigenvalue weighted by Crippen LogP contribution is -2.39. The second-order valence-electron chi connectivity index (χ2n) is 6.31. The van der Waals surface area contributed by atoms with Gasteiger partial charge in [0, 0.05) is 36.6 Å². The standard InChI is InChI=1S/C20H21N3O2/c21-13-15-4-6-18(7-5-15)22-19-3-1-2-17(12-19)20(25)23-10-8-16(14-24)9-11-23/h1-7,12,16,22,24H,8-11,14H2. The molecule has 1 amide bonds. The summed E-state index contributed by atoms with van der Waals surface area (Å²) in [5, 5.41) is 21.3. The Labute approximate surface area is 147 Å². The summed E-state index contributed by atoms with van der Waals surface area (Å²) in [5.41, 5.74) is 2.97. The fraction of sp³-hybridized carbons (Fsp3) is 0.300. The molecule has 0 spiro atoms. The Kier molecular flexibility index (Phi) is 5.32. The van der Waals surface area contributed by atoms with Gasteiger partial charge in [-0.25, -0.2) is 0 Å². The molecular weight excluding hydrogens is 314 g/mol. The van der Waals surface area contributed by atoms with E-state index in [0.717, 1.165) is 24.2 Å². The van der Waals surface area contributed by atoms with Gasteiger partial charge in [-0.2, -0.15) is 5.26 Å². The van der Waals surface area contributed by atoms with Crippen LogP contribution >= 0.6 is 0 Å². The van der Waals surface area contributed by atoms with Crippen molar-refractivity contribution in [2.45, 2.75) is 12.8 Å². The summed E-state index contributed by atoms with van der Waals surface area (Å²) in [4.78, 5) is 14.5. The molecule has 0 bridgehead atoms. The number of hydrogen-bond acceptors (Lipinski definition) is 4. The van der Waals surface area contributed by atoms with E-state index in [0.29, 0.717) is 30.1 Å². The summed E-state index contributed by atoms with van der Waals surface area (Å²) in [6.45, 7) is 1.58. The van der Waals surface area contributed by atoms with Crippen molar-refractivity contribution >= 4 is 17.3 Å². The fourth-order valence-electron chi connectivity index (χ4n) is 3.03. The van der Waals surface area contributed by atoms with E-state index in [1.807, 2.05) is 41.3 Å². The minimum atomic E-state index is 0.0277. The Morgan fingerprint density at radius 2 is 1.88 bits per heavy atom. The quantitative estimate of drug-likeness (QED) is 0.900. The predicted octanol–water partition coefficient (Wildman–Crippen LogP) is 3.15. The van der Waals surface area contributed by atoms with Crippen LogP contribution < -0.4 is 5.32 Å². The third-order valence-corrected chi connectivity index (χ3v) is 4.57. The van der Waals surface area contributed by atoms with Crippen molar-refractivity contribution in [3.8, 4) is 6.07 Å². The zero-order valence-corrected chi connectivity index (χ0v) is 14.0. The Morgan fingerprint density at radius 1 is 1.16 bits per heavy atom. The SMILES string of the molecule is N#Cc1ccc(Nc2cccc(C(=O)N3CCC(CO)CC3)c2)cc1. The van der Waals surface area contributed by atoms with Crippen LogP contribution in [0.5, 0.6) is 0 Å². The Morgan fingerprint density at radius 3 is 2.52 bits per heavy atom. The van der Waals surface area contributed by atoms with Crippen LogP contribution in [0.1, 0.15) is 28.8 Å². The maximum Gasteiger partial charge on any atom is 0.253 e. The van der Waals surface area contributed by atoms with Crippen LogP contribution in [0.25, 0.3) is 0 Å². The number of aliphatic hydroxyl groups excluding tert-OH is 1. The van der Waals surface area contributed by atoms with Gasteiger partial charge < -0.3 is 15.3 Å². The number of anilines is 2. The van der Waals surface area contributed by atoms with Crippen molar-refractivity contribution in [2.75, 3.05) is 25.0 Å². The van der Waals surface area contributed by atoms with E-state index in [9.17, 15) is 9.90 Å². The first kappa shape index (κ1) is 17.0. The number of carbonyl (C=O) groups is 1. The van der Waals surface area contributed by atoms with Crippen LogP contribution in [0.15, 0.2) is 48.5 Å². The largest absolute Gasteiger partial charge is 0.396 e. The number of hydrogen-bond donors (Lipinski definition) is 2. The van der Waals surface area contributed by atoms with Crippen molar-refractivity contribution in [1.82, 2.24) is 4.90 Å². The van der Waals surface area contributed by atoms with E-state index < -0.39 is 0 Å². The molecule has 0 unspecified atom stereocenters. The lowest BCUT2D eigenvalue weighted by molar-refractivity contribution is 0.0651. The molecule has 0 aliphatic carbocycles. The molecule has 1 fully saturated rings. The fourth-order valence-corrected chi connectivity index (χ4v) is 3.03. The molecule has 0 aromatic heterocycles. The lowest BCUT2D eigenvalue weighted by Gasteiger charge is -2.31. The monoisotopic (exact) mass is 335 g/mol. The molecule has 1 saturated heterocycles. The van der Waals surface area contributed by atoms with Crippen LogP contribution in [0.3, 0.4) is 0 Å². The number of nitrogens with zero attached hydrogens (tertiary/aromatic N) is 2. The number of rotatable bonds is 4. The number of carbonyl (C=O) groups excluding carboxylic acids is 1. The van der Waals surface area contributed by atoms with Crippen LogP contribution in [-0.4, -0.2) is 35.6 Å². The summed E-state index contributed by atoms with van der Waals surface area (Å²) in [7, 11) is 0. The van der Waals surface area contributed by atoms with Gasteiger partial charge in [0.05, 0.1) is 11.6 Å². The van der Waals surface area contributed by atoms with Gasteiger partial charge in [-0.15, -0.1) is 0 Å². The van der Waals surface area contributed by atoms with E-state index in [2.05, 4.69) is 11.4 Å². The van der Waals surface area contributed by atoms with Gasteiger partial charge in [0.15, 0.2) is 0 Å². The molecule has 3 rings (SSSR count). The number of benzene rings is 2. The average Bonchev–Trinajstić information content (AvgIpc) is 2.68. The topological polar surface area (TPSA) is 76.4 Å². The number of piperidine rings is 1. The van der Waals surface area contributed by atoms with Crippen LogP contribution in [0, 0.1) is 17.2 Å². The first-order chi connectivity index (χ1) is 12.2. The Hall–Kier alpha value is -2.84. The highest BCUT2D eigenvalue weighted by Gasteiger charge is 2.23. The third kappa shape index (κ3) is 4.17. The minimum absolute atomic E-state index is 0.0277. The Bertz CT molecular complexity index is 772. The second kappa shape index (κ2) is 7.82. The Balaban J connectivity index is 1.68. The smallest absolute Gasteiger partial charge is 0.253 e. The molecule has 1 aliphatic heterocycles. The first-order valence-electron chi connectivity index (χ1n) is 8.47. The van der Waals surface area contributed by atoms with Crippen LogP contribution in [-0.2, 0) is 0 Å². The molecule has 2 aromatic carbocycles. The molecule has 5 nitrogen and oxygen atoms in total. The maximum absolute atomic E-state index is 12.7. The number of likely N-dealkylation sites (tertiary alicyclic amines) is 1. The third-order valence-electron chi connectivity index (χ3n) is 4.57. The predicted molar refractivity (Wildman–Crippen MR) is 96.6 cm³/mol. The summed E-state index contributed by atoms with van der Waals surface area (Å²) >= 11 is 0. The van der Waals surface area contributed by atoms with Crippen molar-refractivity contribution in [3.63, 3.8) is 0 Å². The molecule has 0 atom stereocenters.